The Kier molecular flexibility index (Phi) is 3.81. The first-order valence-corrected chi connectivity index (χ1v) is 7.19. The monoisotopic (exact) mass is 350 g/mol. The van der Waals surface area contributed by atoms with Crippen LogP contribution in [0.3, 0.4) is 0 Å². The van der Waals surface area contributed by atoms with Gasteiger partial charge in [-0.25, -0.2) is 0 Å². The molecular weight excluding hydrogens is 338 g/mol. The topological polar surface area (TPSA) is 18.5 Å². The number of rotatable bonds is 1. The molecule has 0 saturated carbocycles. The summed E-state index contributed by atoms with van der Waals surface area (Å²) in [5.41, 5.74) is 0.0831. The number of halogens is 3. The van der Waals surface area contributed by atoms with Crippen LogP contribution in [0.1, 0.15) is 27.7 Å². The summed E-state index contributed by atoms with van der Waals surface area (Å²) >= 11 is 15.5. The molecule has 1 aromatic carbocycles. The van der Waals surface area contributed by atoms with Gasteiger partial charge in [-0.3, -0.25) is 0 Å². The molecule has 0 atom stereocenters. The lowest BCUT2D eigenvalue weighted by Gasteiger charge is -2.32. The van der Waals surface area contributed by atoms with E-state index in [1.807, 2.05) is 27.7 Å². The Balaban J connectivity index is 2.36. The van der Waals surface area contributed by atoms with Gasteiger partial charge in [0, 0.05) is 0 Å². The van der Waals surface area contributed by atoms with E-state index in [1.165, 1.54) is 0 Å². The summed E-state index contributed by atoms with van der Waals surface area (Å²) in [5, 5.41) is 1.10. The van der Waals surface area contributed by atoms with Crippen LogP contribution in [0.2, 0.25) is 10.0 Å². The van der Waals surface area contributed by atoms with Gasteiger partial charge in [0.05, 0.1) is 25.7 Å². The summed E-state index contributed by atoms with van der Waals surface area (Å²) in [4.78, 5) is 0. The average Bonchev–Trinajstić information content (AvgIpc) is 2.44. The highest BCUT2D eigenvalue weighted by atomic mass is 79.9. The van der Waals surface area contributed by atoms with E-state index in [0.717, 1.165) is 5.46 Å². The number of benzene rings is 1. The van der Waals surface area contributed by atoms with E-state index in [0.29, 0.717) is 14.5 Å². The van der Waals surface area contributed by atoms with Gasteiger partial charge in [-0.2, -0.15) is 0 Å². The lowest BCUT2D eigenvalue weighted by Crippen LogP contribution is -2.41. The minimum absolute atomic E-state index is 0.371. The molecule has 1 heterocycles. The van der Waals surface area contributed by atoms with E-state index in [2.05, 4.69) is 15.9 Å². The van der Waals surface area contributed by atoms with E-state index in [4.69, 9.17) is 32.5 Å². The van der Waals surface area contributed by atoms with Crippen LogP contribution in [-0.2, 0) is 9.31 Å². The van der Waals surface area contributed by atoms with Gasteiger partial charge < -0.3 is 9.31 Å². The van der Waals surface area contributed by atoms with Crippen LogP contribution in [-0.4, -0.2) is 18.3 Å². The van der Waals surface area contributed by atoms with Crippen molar-refractivity contribution in [2.75, 3.05) is 0 Å². The van der Waals surface area contributed by atoms with Crippen molar-refractivity contribution in [2.45, 2.75) is 38.9 Å². The van der Waals surface area contributed by atoms with E-state index in [-0.39, 0.29) is 11.2 Å². The van der Waals surface area contributed by atoms with Gasteiger partial charge in [0.1, 0.15) is 0 Å². The van der Waals surface area contributed by atoms with Gasteiger partial charge in [0.2, 0.25) is 0 Å². The highest BCUT2D eigenvalue weighted by molar-refractivity contribution is 9.10. The second kappa shape index (κ2) is 4.67. The molecule has 18 heavy (non-hydrogen) atoms. The van der Waals surface area contributed by atoms with Crippen LogP contribution in [0.4, 0.5) is 0 Å². The van der Waals surface area contributed by atoms with Gasteiger partial charge >= 0.3 is 7.12 Å². The van der Waals surface area contributed by atoms with E-state index in [1.54, 1.807) is 12.1 Å². The standard InChI is InChI=1S/C12H14BBrCl2O2/c1-11(2)12(3,4)18-13(17-11)7-5-8(15)10(14)9(16)6-7/h5-6H,1-4H3. The molecule has 1 aliphatic rings. The maximum atomic E-state index is 6.10. The Morgan fingerprint density at radius 1 is 1.00 bits per heavy atom. The molecule has 6 heteroatoms. The van der Waals surface area contributed by atoms with Gasteiger partial charge in [0.15, 0.2) is 0 Å². The van der Waals surface area contributed by atoms with Crippen LogP contribution in [0.25, 0.3) is 0 Å². The number of hydrogen-bond acceptors (Lipinski definition) is 2. The first kappa shape index (κ1) is 14.7. The first-order valence-electron chi connectivity index (χ1n) is 5.64. The second-order valence-electron chi connectivity index (χ2n) is 5.39. The molecule has 0 unspecified atom stereocenters. The molecular formula is C12H14BBrCl2O2. The first-order chi connectivity index (χ1) is 8.14. The fourth-order valence-electron chi connectivity index (χ4n) is 1.69. The van der Waals surface area contributed by atoms with Crippen molar-refractivity contribution in [1.82, 2.24) is 0 Å². The quantitative estimate of drug-likeness (QED) is 0.561. The Bertz CT molecular complexity index is 452. The number of hydrogen-bond donors (Lipinski definition) is 0. The highest BCUT2D eigenvalue weighted by Crippen LogP contribution is 2.37. The fourth-order valence-corrected chi connectivity index (χ4v) is 2.42. The summed E-state index contributed by atoms with van der Waals surface area (Å²) in [5.74, 6) is 0. The van der Waals surface area contributed by atoms with E-state index in [9.17, 15) is 0 Å². The van der Waals surface area contributed by atoms with Crippen molar-refractivity contribution in [3.8, 4) is 0 Å². The maximum absolute atomic E-state index is 6.10. The Morgan fingerprint density at radius 3 is 1.78 bits per heavy atom. The molecule has 1 aromatic rings. The summed E-state index contributed by atoms with van der Waals surface area (Å²) in [6, 6.07) is 3.61. The summed E-state index contributed by atoms with van der Waals surface area (Å²) in [6.07, 6.45) is 0. The molecule has 1 saturated heterocycles. The largest absolute Gasteiger partial charge is 0.494 e. The van der Waals surface area contributed by atoms with Gasteiger partial charge in [-0.15, -0.1) is 0 Å². The summed E-state index contributed by atoms with van der Waals surface area (Å²) in [6.45, 7) is 8.04. The Hall–Kier alpha value is 0.265. The van der Waals surface area contributed by atoms with Crippen LogP contribution in [0.5, 0.6) is 0 Å². The third-order valence-corrected chi connectivity index (χ3v) is 5.44. The van der Waals surface area contributed by atoms with Gasteiger partial charge in [-0.1, -0.05) is 23.2 Å². The van der Waals surface area contributed by atoms with E-state index >= 15 is 0 Å². The predicted octanol–water partition coefficient (Wildman–Crippen LogP) is 4.06. The molecule has 0 aliphatic carbocycles. The molecule has 0 aromatic heterocycles. The molecule has 2 rings (SSSR count). The molecule has 0 bridgehead atoms. The highest BCUT2D eigenvalue weighted by Gasteiger charge is 2.51. The molecule has 0 amide bonds. The SMILES string of the molecule is CC1(C)OB(c2cc(Cl)c(Br)c(Cl)c2)OC1(C)C. The third kappa shape index (κ3) is 2.46. The van der Waals surface area contributed by atoms with Gasteiger partial charge in [0.25, 0.3) is 0 Å². The maximum Gasteiger partial charge on any atom is 0.494 e. The van der Waals surface area contributed by atoms with E-state index < -0.39 is 7.12 Å². The van der Waals surface area contributed by atoms with Crippen molar-refractivity contribution < 1.29 is 9.31 Å². The normalized spacial score (nSPS) is 21.4. The lowest BCUT2D eigenvalue weighted by atomic mass is 9.79. The minimum atomic E-state index is -0.446. The average molecular weight is 352 g/mol. The fraction of sp³-hybridized carbons (Fsp3) is 0.500. The van der Waals surface area contributed by atoms with Crippen molar-refractivity contribution in [2.24, 2.45) is 0 Å². The Labute approximate surface area is 126 Å². The lowest BCUT2D eigenvalue weighted by molar-refractivity contribution is 0.00578. The molecule has 98 valence electrons. The summed E-state index contributed by atoms with van der Waals surface area (Å²) < 4.78 is 12.6. The van der Waals surface area contributed by atoms with Crippen LogP contribution < -0.4 is 5.46 Å². The Morgan fingerprint density at radius 2 is 1.39 bits per heavy atom. The molecule has 0 radical (unpaired) electrons. The van der Waals surface area contributed by atoms with Crippen molar-refractivity contribution in [3.05, 3.63) is 26.7 Å². The van der Waals surface area contributed by atoms with Crippen LogP contribution in [0, 0.1) is 0 Å². The molecule has 1 aliphatic heterocycles. The van der Waals surface area contributed by atoms with Crippen molar-refractivity contribution >= 4 is 51.7 Å². The zero-order valence-electron chi connectivity index (χ0n) is 10.7. The predicted molar refractivity (Wildman–Crippen MR) is 79.9 cm³/mol. The molecule has 2 nitrogen and oxygen atoms in total. The minimum Gasteiger partial charge on any atom is -0.399 e. The van der Waals surface area contributed by atoms with Crippen molar-refractivity contribution in [1.29, 1.82) is 0 Å². The smallest absolute Gasteiger partial charge is 0.399 e. The second-order valence-corrected chi connectivity index (χ2v) is 6.99. The zero-order valence-corrected chi connectivity index (χ0v) is 13.8. The van der Waals surface area contributed by atoms with Crippen LogP contribution >= 0.6 is 39.1 Å². The molecule has 1 fully saturated rings. The van der Waals surface area contributed by atoms with Gasteiger partial charge in [-0.05, 0) is 61.2 Å². The third-order valence-electron chi connectivity index (χ3n) is 3.53. The van der Waals surface area contributed by atoms with Crippen LogP contribution in [0.15, 0.2) is 16.6 Å². The molecule has 0 N–H and O–H groups in total. The molecule has 0 spiro atoms. The zero-order chi connectivity index (χ0) is 13.7. The summed E-state index contributed by atoms with van der Waals surface area (Å²) in [7, 11) is -0.446. The van der Waals surface area contributed by atoms with Crippen molar-refractivity contribution in [3.63, 3.8) is 0 Å².